The molecule has 0 fully saturated rings. The Morgan fingerprint density at radius 3 is 2.28 bits per heavy atom. The highest BCUT2D eigenvalue weighted by atomic mass is 32.2. The monoisotopic (exact) mass is 606 g/mol. The van der Waals surface area contributed by atoms with Crippen LogP contribution in [0, 0.1) is 6.92 Å². The third-order valence-corrected chi connectivity index (χ3v) is 7.61. The molecule has 10 nitrogen and oxygen atoms in total. The molecular weight excluding hydrogens is 572 g/mol. The van der Waals surface area contributed by atoms with Crippen LogP contribution < -0.4 is 23.8 Å². The maximum absolute atomic E-state index is 12.9. The first-order valence-corrected chi connectivity index (χ1v) is 14.9. The molecule has 1 amide bonds. The number of pyridine rings is 1. The second kappa shape index (κ2) is 14.0. The number of amides is 1. The van der Waals surface area contributed by atoms with Gasteiger partial charge in [0.05, 0.1) is 32.3 Å². The number of hydrogen-bond donors (Lipinski definition) is 1. The van der Waals surface area contributed by atoms with Crippen molar-refractivity contribution in [1.29, 1.82) is 0 Å². The molecule has 1 aromatic heterocycles. The maximum atomic E-state index is 12.9. The predicted molar refractivity (Wildman–Crippen MR) is 162 cm³/mol. The van der Waals surface area contributed by atoms with Crippen LogP contribution in [0.15, 0.2) is 83.9 Å². The van der Waals surface area contributed by atoms with Crippen LogP contribution in [0.25, 0.3) is 0 Å². The van der Waals surface area contributed by atoms with E-state index in [1.54, 1.807) is 79.9 Å². The molecule has 0 spiro atoms. The molecule has 0 aliphatic rings. The predicted octanol–water partition coefficient (Wildman–Crippen LogP) is 6.01. The van der Waals surface area contributed by atoms with E-state index in [9.17, 15) is 17.8 Å². The Balaban J connectivity index is 1.53. The first kappa shape index (κ1) is 31.3. The molecule has 0 aliphatic carbocycles. The van der Waals surface area contributed by atoms with Crippen molar-refractivity contribution in [2.24, 2.45) is 0 Å². The highest BCUT2D eigenvalue weighted by Crippen LogP contribution is 2.34. The Kier molecular flexibility index (Phi) is 10.2. The van der Waals surface area contributed by atoms with E-state index in [4.69, 9.17) is 18.9 Å². The number of anilines is 1. The molecule has 0 radical (unpaired) electrons. The summed E-state index contributed by atoms with van der Waals surface area (Å²) in [6.07, 6.45) is 2.72. The lowest BCUT2D eigenvalue weighted by Gasteiger charge is -2.24. The smallest absolute Gasteiger partial charge is 0.294 e. The number of aromatic nitrogens is 1. The van der Waals surface area contributed by atoms with Gasteiger partial charge >= 0.3 is 0 Å². The van der Waals surface area contributed by atoms with E-state index in [0.717, 1.165) is 11.1 Å². The third kappa shape index (κ3) is 8.24. The molecule has 1 N–H and O–H groups in total. The van der Waals surface area contributed by atoms with Gasteiger partial charge in [-0.3, -0.25) is 9.35 Å². The van der Waals surface area contributed by atoms with Crippen molar-refractivity contribution in [2.45, 2.75) is 38.1 Å². The van der Waals surface area contributed by atoms with E-state index in [-0.39, 0.29) is 23.2 Å². The van der Waals surface area contributed by atoms with Gasteiger partial charge in [-0.2, -0.15) is 8.42 Å². The summed E-state index contributed by atoms with van der Waals surface area (Å²) < 4.78 is 55.3. The number of methoxy groups -OCH3 is 2. The van der Waals surface area contributed by atoms with Crippen LogP contribution in [-0.4, -0.2) is 44.7 Å². The van der Waals surface area contributed by atoms with Gasteiger partial charge in [-0.15, -0.1) is 0 Å². The first-order chi connectivity index (χ1) is 20.6. The number of carbonyl (C=O) groups is 1. The summed E-state index contributed by atoms with van der Waals surface area (Å²) in [5.74, 6) is 2.42. The molecule has 43 heavy (non-hydrogen) atoms. The lowest BCUT2D eigenvalue weighted by atomic mass is 10.0. The van der Waals surface area contributed by atoms with Crippen LogP contribution in [0.5, 0.6) is 28.9 Å². The molecule has 226 valence electrons. The molecule has 0 unspecified atom stereocenters. The molecule has 4 rings (SSSR count). The fourth-order valence-corrected chi connectivity index (χ4v) is 4.96. The van der Waals surface area contributed by atoms with Gasteiger partial charge in [0.2, 0.25) is 11.8 Å². The molecular formula is C32H34N2O8S. The van der Waals surface area contributed by atoms with Crippen molar-refractivity contribution < 1.29 is 36.7 Å². The summed E-state index contributed by atoms with van der Waals surface area (Å²) in [6, 6.07) is 20.4. The fourth-order valence-electron chi connectivity index (χ4n) is 4.43. The zero-order valence-corrected chi connectivity index (χ0v) is 25.3. The lowest BCUT2D eigenvalue weighted by molar-refractivity contribution is -0.116. The summed E-state index contributed by atoms with van der Waals surface area (Å²) in [7, 11) is -1.14. The Morgan fingerprint density at radius 1 is 0.907 bits per heavy atom. The Morgan fingerprint density at radius 2 is 1.60 bits per heavy atom. The van der Waals surface area contributed by atoms with Crippen LogP contribution in [0.4, 0.5) is 5.69 Å². The Labute approximate surface area is 251 Å². The van der Waals surface area contributed by atoms with E-state index in [1.807, 2.05) is 13.0 Å². The molecule has 4 aromatic rings. The average Bonchev–Trinajstić information content (AvgIpc) is 2.99. The van der Waals surface area contributed by atoms with E-state index in [1.165, 1.54) is 19.1 Å². The van der Waals surface area contributed by atoms with E-state index in [2.05, 4.69) is 4.98 Å². The SMILES string of the molecule is COc1ccc(Oc2ncccc2N(Cc2cc(OC)ccc2OCCCc2cc(S(=O)(=O)O)ccc2C)C(C)=O)cc1. The van der Waals surface area contributed by atoms with Crippen molar-refractivity contribution in [3.63, 3.8) is 0 Å². The number of hydrogen-bond acceptors (Lipinski definition) is 8. The molecule has 3 aromatic carbocycles. The largest absolute Gasteiger partial charge is 0.497 e. The Bertz CT molecular complexity index is 1670. The van der Waals surface area contributed by atoms with Crippen molar-refractivity contribution in [3.8, 4) is 28.9 Å². The van der Waals surface area contributed by atoms with E-state index in [0.29, 0.717) is 53.7 Å². The molecule has 1 heterocycles. The molecule has 0 saturated carbocycles. The molecule has 0 saturated heterocycles. The highest BCUT2D eigenvalue weighted by molar-refractivity contribution is 7.85. The van der Waals surface area contributed by atoms with Gasteiger partial charge in [0.25, 0.3) is 10.1 Å². The van der Waals surface area contributed by atoms with Crippen LogP contribution in [0.3, 0.4) is 0 Å². The van der Waals surface area contributed by atoms with Crippen LogP contribution in [0.1, 0.15) is 30.0 Å². The number of ether oxygens (including phenoxy) is 4. The van der Waals surface area contributed by atoms with Gasteiger partial charge in [0.1, 0.15) is 28.7 Å². The summed E-state index contributed by atoms with van der Waals surface area (Å²) in [5, 5.41) is 0. The summed E-state index contributed by atoms with van der Waals surface area (Å²) in [6.45, 7) is 3.83. The quantitative estimate of drug-likeness (QED) is 0.144. The first-order valence-electron chi connectivity index (χ1n) is 13.5. The normalized spacial score (nSPS) is 11.1. The summed E-state index contributed by atoms with van der Waals surface area (Å²) >= 11 is 0. The average molecular weight is 607 g/mol. The number of benzene rings is 3. The molecule has 0 atom stereocenters. The van der Waals surface area contributed by atoms with Gasteiger partial charge in [-0.1, -0.05) is 6.07 Å². The fraction of sp³-hybridized carbons (Fsp3) is 0.250. The van der Waals surface area contributed by atoms with Crippen molar-refractivity contribution in [1.82, 2.24) is 4.98 Å². The van der Waals surface area contributed by atoms with Crippen LogP contribution in [0.2, 0.25) is 0 Å². The topological polar surface area (TPSA) is 124 Å². The minimum absolute atomic E-state index is 0.137. The van der Waals surface area contributed by atoms with Crippen molar-refractivity contribution in [2.75, 3.05) is 25.7 Å². The number of rotatable bonds is 13. The van der Waals surface area contributed by atoms with Crippen molar-refractivity contribution >= 4 is 21.7 Å². The maximum Gasteiger partial charge on any atom is 0.294 e. The number of aryl methyl sites for hydroxylation is 2. The molecule has 11 heteroatoms. The zero-order valence-electron chi connectivity index (χ0n) is 24.4. The minimum atomic E-state index is -4.29. The second-order valence-corrected chi connectivity index (χ2v) is 11.1. The number of carbonyl (C=O) groups excluding carboxylic acids is 1. The third-order valence-electron chi connectivity index (χ3n) is 6.76. The van der Waals surface area contributed by atoms with Crippen molar-refractivity contribution in [3.05, 3.63) is 95.7 Å². The lowest BCUT2D eigenvalue weighted by Crippen LogP contribution is -2.28. The minimum Gasteiger partial charge on any atom is -0.497 e. The van der Waals surface area contributed by atoms with Gasteiger partial charge in [-0.25, -0.2) is 4.98 Å². The molecule has 0 bridgehead atoms. The van der Waals surface area contributed by atoms with Gasteiger partial charge in [0.15, 0.2) is 0 Å². The van der Waals surface area contributed by atoms with E-state index >= 15 is 0 Å². The van der Waals surface area contributed by atoms with Gasteiger partial charge in [0, 0.05) is 18.7 Å². The van der Waals surface area contributed by atoms with Crippen LogP contribution in [-0.2, 0) is 27.9 Å². The van der Waals surface area contributed by atoms with Gasteiger partial charge in [-0.05, 0) is 97.6 Å². The standard InChI is InChI=1S/C32H34N2O8S/c1-22-9-15-29(43(36,37)38)20-24(22)7-6-18-41-31-16-14-28(40-4)19-25(31)21-34(23(2)35)30-8-5-17-33-32(30)42-27-12-10-26(39-3)11-13-27/h5,8-17,19-20H,6-7,18,21H2,1-4H3,(H,36,37,38). The number of nitrogens with zero attached hydrogens (tertiary/aromatic N) is 2. The highest BCUT2D eigenvalue weighted by Gasteiger charge is 2.21. The van der Waals surface area contributed by atoms with Crippen LogP contribution >= 0.6 is 0 Å². The summed E-state index contributed by atoms with van der Waals surface area (Å²) in [4.78, 5) is 18.7. The van der Waals surface area contributed by atoms with E-state index < -0.39 is 10.1 Å². The van der Waals surface area contributed by atoms with Gasteiger partial charge < -0.3 is 23.8 Å². The second-order valence-electron chi connectivity index (χ2n) is 9.70. The molecule has 0 aliphatic heterocycles. The summed E-state index contributed by atoms with van der Waals surface area (Å²) in [5.41, 5.74) is 2.91. The zero-order chi connectivity index (χ0) is 31.0. The Hall–Kier alpha value is -4.61.